The van der Waals surface area contributed by atoms with E-state index in [2.05, 4.69) is 4.90 Å². The Morgan fingerprint density at radius 2 is 1.95 bits per heavy atom. The smallest absolute Gasteiger partial charge is 0.127 e. The number of nitrogens with two attached hydrogens (primary N) is 1. The Balaban J connectivity index is 1.81. The Labute approximate surface area is 110 Å². The Hall–Kier alpha value is -1.94. The summed E-state index contributed by atoms with van der Waals surface area (Å²) < 4.78 is 26.8. The van der Waals surface area contributed by atoms with Crippen LogP contribution in [0.1, 0.15) is 16.7 Å². The third-order valence-corrected chi connectivity index (χ3v) is 3.49. The van der Waals surface area contributed by atoms with E-state index < -0.39 is 5.82 Å². The van der Waals surface area contributed by atoms with Crippen LogP contribution in [0, 0.1) is 11.6 Å². The molecule has 0 aromatic heterocycles. The van der Waals surface area contributed by atoms with Gasteiger partial charge in [0.25, 0.3) is 0 Å². The number of rotatable bonds is 2. The fourth-order valence-electron chi connectivity index (χ4n) is 2.53. The number of nitrogens with zero attached hydrogens (tertiary/aromatic N) is 1. The van der Waals surface area contributed by atoms with Gasteiger partial charge in [0.1, 0.15) is 11.6 Å². The first kappa shape index (κ1) is 12.1. The van der Waals surface area contributed by atoms with Gasteiger partial charge in [-0.15, -0.1) is 0 Å². The topological polar surface area (TPSA) is 29.3 Å². The second-order valence-corrected chi connectivity index (χ2v) is 4.87. The van der Waals surface area contributed by atoms with Crippen molar-refractivity contribution in [3.8, 4) is 0 Å². The largest absolute Gasteiger partial charge is 0.398 e. The predicted molar refractivity (Wildman–Crippen MR) is 70.2 cm³/mol. The average molecular weight is 260 g/mol. The number of nitrogen functional groups attached to an aromatic ring is 1. The van der Waals surface area contributed by atoms with Crippen LogP contribution < -0.4 is 5.73 Å². The second kappa shape index (κ2) is 4.63. The van der Waals surface area contributed by atoms with Crippen molar-refractivity contribution in [2.45, 2.75) is 19.6 Å². The molecule has 0 amide bonds. The van der Waals surface area contributed by atoms with Crippen molar-refractivity contribution in [3.05, 3.63) is 64.7 Å². The maximum Gasteiger partial charge on any atom is 0.127 e. The van der Waals surface area contributed by atoms with Crippen molar-refractivity contribution in [2.24, 2.45) is 0 Å². The highest BCUT2D eigenvalue weighted by Crippen LogP contribution is 2.28. The lowest BCUT2D eigenvalue weighted by atomic mass is 10.1. The van der Waals surface area contributed by atoms with Crippen LogP contribution >= 0.6 is 0 Å². The summed E-state index contributed by atoms with van der Waals surface area (Å²) in [6.07, 6.45) is 0. The van der Waals surface area contributed by atoms with Gasteiger partial charge in [0.15, 0.2) is 0 Å². The quantitative estimate of drug-likeness (QED) is 0.841. The minimum absolute atomic E-state index is 0.370. The molecule has 1 aliphatic rings. The molecule has 4 heteroatoms. The highest BCUT2D eigenvalue weighted by molar-refractivity contribution is 5.52. The molecule has 1 aliphatic heterocycles. The molecule has 0 aliphatic carbocycles. The summed E-state index contributed by atoms with van der Waals surface area (Å²) in [6, 6.07) is 9.36. The molecule has 0 bridgehead atoms. The summed E-state index contributed by atoms with van der Waals surface area (Å²) in [5.74, 6) is -0.780. The zero-order valence-electron chi connectivity index (χ0n) is 10.4. The monoisotopic (exact) mass is 260 g/mol. The summed E-state index contributed by atoms with van der Waals surface area (Å²) >= 11 is 0. The van der Waals surface area contributed by atoms with Crippen molar-refractivity contribution in [1.29, 1.82) is 0 Å². The van der Waals surface area contributed by atoms with Crippen molar-refractivity contribution >= 4 is 5.69 Å². The number of hydrogen-bond acceptors (Lipinski definition) is 2. The molecule has 0 unspecified atom stereocenters. The molecule has 1 heterocycles. The second-order valence-electron chi connectivity index (χ2n) is 4.87. The molecule has 2 aromatic carbocycles. The maximum absolute atomic E-state index is 13.6. The van der Waals surface area contributed by atoms with E-state index in [0.29, 0.717) is 18.7 Å². The number of anilines is 1. The minimum atomic E-state index is -0.410. The van der Waals surface area contributed by atoms with Crippen LogP contribution in [0.3, 0.4) is 0 Å². The van der Waals surface area contributed by atoms with Crippen LogP contribution in [0.15, 0.2) is 36.4 Å². The molecule has 2 nitrogen and oxygen atoms in total. The van der Waals surface area contributed by atoms with Crippen molar-refractivity contribution in [3.63, 3.8) is 0 Å². The molecule has 0 radical (unpaired) electrons. The number of benzene rings is 2. The van der Waals surface area contributed by atoms with Gasteiger partial charge in [-0.1, -0.05) is 12.1 Å². The van der Waals surface area contributed by atoms with Gasteiger partial charge >= 0.3 is 0 Å². The van der Waals surface area contributed by atoms with Gasteiger partial charge in [-0.2, -0.15) is 0 Å². The molecule has 98 valence electrons. The van der Waals surface area contributed by atoms with E-state index in [0.717, 1.165) is 29.4 Å². The van der Waals surface area contributed by atoms with Crippen molar-refractivity contribution < 1.29 is 8.78 Å². The third-order valence-electron chi connectivity index (χ3n) is 3.49. The SMILES string of the molecule is Nc1cccc2c1CN(Cc1cc(F)ccc1F)C2. The first-order valence-electron chi connectivity index (χ1n) is 6.16. The molecule has 0 fully saturated rings. The molecule has 2 aromatic rings. The van der Waals surface area contributed by atoms with E-state index in [1.54, 1.807) is 0 Å². The van der Waals surface area contributed by atoms with E-state index in [1.165, 1.54) is 12.1 Å². The Morgan fingerprint density at radius 3 is 2.74 bits per heavy atom. The van der Waals surface area contributed by atoms with Crippen molar-refractivity contribution in [2.75, 3.05) is 5.73 Å². The lowest BCUT2D eigenvalue weighted by Gasteiger charge is -2.15. The molecule has 19 heavy (non-hydrogen) atoms. The van der Waals surface area contributed by atoms with Gasteiger partial charge in [-0.05, 0) is 35.4 Å². The van der Waals surface area contributed by atoms with Gasteiger partial charge in [-0.25, -0.2) is 8.78 Å². The van der Waals surface area contributed by atoms with Crippen LogP contribution in [-0.4, -0.2) is 4.90 Å². The normalized spacial score (nSPS) is 14.6. The molecule has 2 N–H and O–H groups in total. The summed E-state index contributed by atoms with van der Waals surface area (Å²) in [4.78, 5) is 2.05. The van der Waals surface area contributed by atoms with E-state index >= 15 is 0 Å². The number of halogens is 2. The van der Waals surface area contributed by atoms with E-state index in [-0.39, 0.29) is 5.82 Å². The molecule has 3 rings (SSSR count). The van der Waals surface area contributed by atoms with Crippen LogP contribution in [0.4, 0.5) is 14.5 Å². The zero-order chi connectivity index (χ0) is 13.4. The van der Waals surface area contributed by atoms with Gasteiger partial charge in [-0.3, -0.25) is 4.90 Å². The van der Waals surface area contributed by atoms with Crippen molar-refractivity contribution in [1.82, 2.24) is 4.90 Å². The Bertz CT molecular complexity index is 626. The molecule has 0 spiro atoms. The van der Waals surface area contributed by atoms with E-state index in [4.69, 9.17) is 5.73 Å². The molecular formula is C15H14F2N2. The number of hydrogen-bond donors (Lipinski definition) is 1. The third kappa shape index (κ3) is 2.31. The van der Waals surface area contributed by atoms with Crippen LogP contribution in [0.25, 0.3) is 0 Å². The molecule has 0 atom stereocenters. The molecule has 0 saturated carbocycles. The lowest BCUT2D eigenvalue weighted by molar-refractivity contribution is 0.271. The van der Waals surface area contributed by atoms with E-state index in [1.807, 2.05) is 18.2 Å². The van der Waals surface area contributed by atoms with Crippen LogP contribution in [-0.2, 0) is 19.6 Å². The Morgan fingerprint density at radius 1 is 1.11 bits per heavy atom. The first-order chi connectivity index (χ1) is 9.13. The van der Waals surface area contributed by atoms with Gasteiger partial charge < -0.3 is 5.73 Å². The summed E-state index contributed by atoms with van der Waals surface area (Å²) in [5.41, 5.74) is 9.33. The van der Waals surface area contributed by atoms with Crippen LogP contribution in [0.5, 0.6) is 0 Å². The fourth-order valence-corrected chi connectivity index (χ4v) is 2.53. The van der Waals surface area contributed by atoms with Crippen LogP contribution in [0.2, 0.25) is 0 Å². The van der Waals surface area contributed by atoms with Gasteiger partial charge in [0.2, 0.25) is 0 Å². The van der Waals surface area contributed by atoms with Gasteiger partial charge in [0, 0.05) is 30.9 Å². The predicted octanol–water partition coefficient (Wildman–Crippen LogP) is 3.06. The fraction of sp³-hybridized carbons (Fsp3) is 0.200. The highest BCUT2D eigenvalue weighted by Gasteiger charge is 2.21. The summed E-state index contributed by atoms with van der Waals surface area (Å²) in [7, 11) is 0. The molecule has 0 saturated heterocycles. The number of fused-ring (bicyclic) bond motifs is 1. The van der Waals surface area contributed by atoms with Gasteiger partial charge in [0.05, 0.1) is 0 Å². The lowest BCUT2D eigenvalue weighted by Crippen LogP contribution is -2.16. The Kier molecular flexibility index (Phi) is 2.95. The maximum atomic E-state index is 13.6. The standard InChI is InChI=1S/C15H14F2N2/c16-12-4-5-14(17)11(6-12)8-19-7-10-2-1-3-15(18)13(10)9-19/h1-6H,7-9,18H2. The highest BCUT2D eigenvalue weighted by atomic mass is 19.1. The summed E-state index contributed by atoms with van der Waals surface area (Å²) in [5, 5.41) is 0. The zero-order valence-corrected chi connectivity index (χ0v) is 10.4. The van der Waals surface area contributed by atoms with E-state index in [9.17, 15) is 8.78 Å². The summed E-state index contributed by atoms with van der Waals surface area (Å²) in [6.45, 7) is 1.78. The average Bonchev–Trinajstić information content (AvgIpc) is 2.78. The molecular weight excluding hydrogens is 246 g/mol. The first-order valence-corrected chi connectivity index (χ1v) is 6.16. The minimum Gasteiger partial charge on any atom is -0.398 e.